The molecule has 0 aromatic rings. The van der Waals surface area contributed by atoms with Gasteiger partial charge in [-0.15, -0.1) is 0 Å². The minimum atomic E-state index is -0.809. The molecule has 0 radical (unpaired) electrons. The second-order valence-corrected chi connectivity index (χ2v) is 12.5. The molecule has 0 aromatic heterocycles. The fourth-order valence-electron chi connectivity index (χ4n) is 8.52. The molecule has 0 amide bonds. The zero-order chi connectivity index (χ0) is 21.9. The van der Waals surface area contributed by atoms with Gasteiger partial charge in [-0.25, -0.2) is 0 Å². The molecule has 0 aromatic carbocycles. The van der Waals surface area contributed by atoms with Gasteiger partial charge in [0.25, 0.3) is 0 Å². The Bertz CT molecular complexity index is 671. The van der Waals surface area contributed by atoms with E-state index in [-0.39, 0.29) is 22.9 Å². The number of rotatable bonds is 5. The highest BCUT2D eigenvalue weighted by molar-refractivity contribution is 5.36. The van der Waals surface area contributed by atoms with Gasteiger partial charge in [-0.2, -0.15) is 0 Å². The molecule has 4 rings (SSSR count). The molecule has 0 saturated heterocycles. The number of hydrogen-bond donors (Lipinski definition) is 3. The average molecular weight is 419 g/mol. The summed E-state index contributed by atoms with van der Waals surface area (Å²) in [5.41, 5.74) is 0.275. The SMILES string of the molecule is CC(C)CCCC(C)C1CCC2C3=CC(O)C4CC(O)CCC4(C)C3(O)CCC21C. The van der Waals surface area contributed by atoms with Crippen molar-refractivity contribution in [2.45, 2.75) is 117 Å². The Hall–Kier alpha value is -0.380. The highest BCUT2D eigenvalue weighted by Gasteiger charge is 2.65. The molecular weight excluding hydrogens is 372 g/mol. The summed E-state index contributed by atoms with van der Waals surface area (Å²) >= 11 is 0. The molecule has 0 spiro atoms. The van der Waals surface area contributed by atoms with Crippen LogP contribution in [0.4, 0.5) is 0 Å². The first-order valence-electron chi connectivity index (χ1n) is 12.8. The zero-order valence-electron chi connectivity index (χ0n) is 20.0. The maximum Gasteiger partial charge on any atom is 0.0917 e. The van der Waals surface area contributed by atoms with Crippen molar-refractivity contribution in [3.05, 3.63) is 11.6 Å². The Kier molecular flexibility index (Phi) is 5.99. The van der Waals surface area contributed by atoms with E-state index in [1.165, 1.54) is 25.7 Å². The lowest BCUT2D eigenvalue weighted by atomic mass is 9.45. The van der Waals surface area contributed by atoms with Gasteiger partial charge in [0.15, 0.2) is 0 Å². The minimum absolute atomic E-state index is 0.0356. The van der Waals surface area contributed by atoms with E-state index in [1.54, 1.807) is 0 Å². The topological polar surface area (TPSA) is 60.7 Å². The standard InChI is InChI=1S/C27H46O3/c1-17(2)7-6-8-18(3)20-9-10-21-22-16-24(29)23-15-19(28)11-12-26(23,5)27(22,30)14-13-25(20,21)4/h16-21,23-24,28-30H,6-15H2,1-5H3. The monoisotopic (exact) mass is 418 g/mol. The van der Waals surface area contributed by atoms with Crippen LogP contribution in [-0.2, 0) is 0 Å². The van der Waals surface area contributed by atoms with Gasteiger partial charge in [-0.1, -0.05) is 60.0 Å². The molecule has 3 fully saturated rings. The van der Waals surface area contributed by atoms with Gasteiger partial charge in [0.05, 0.1) is 17.8 Å². The molecule has 172 valence electrons. The fourth-order valence-corrected chi connectivity index (χ4v) is 8.52. The summed E-state index contributed by atoms with van der Waals surface area (Å²) in [5, 5.41) is 33.5. The molecule has 3 heteroatoms. The van der Waals surface area contributed by atoms with Crippen molar-refractivity contribution in [1.82, 2.24) is 0 Å². The van der Waals surface area contributed by atoms with E-state index >= 15 is 0 Å². The molecule has 3 nitrogen and oxygen atoms in total. The summed E-state index contributed by atoms with van der Waals surface area (Å²) < 4.78 is 0. The first kappa shape index (κ1) is 22.8. The second-order valence-electron chi connectivity index (χ2n) is 12.5. The van der Waals surface area contributed by atoms with Crippen molar-refractivity contribution in [2.75, 3.05) is 0 Å². The fraction of sp³-hybridized carbons (Fsp3) is 0.926. The van der Waals surface area contributed by atoms with Crippen LogP contribution in [0.1, 0.15) is 98.8 Å². The molecule has 4 aliphatic carbocycles. The molecule has 0 bridgehead atoms. The van der Waals surface area contributed by atoms with Crippen LogP contribution in [0.3, 0.4) is 0 Å². The maximum atomic E-state index is 12.2. The predicted molar refractivity (Wildman–Crippen MR) is 122 cm³/mol. The normalized spacial score (nSPS) is 49.2. The Morgan fingerprint density at radius 3 is 2.43 bits per heavy atom. The van der Waals surface area contributed by atoms with Crippen LogP contribution in [0.2, 0.25) is 0 Å². The summed E-state index contributed by atoms with van der Waals surface area (Å²) in [7, 11) is 0. The van der Waals surface area contributed by atoms with E-state index in [0.717, 1.165) is 55.4 Å². The average Bonchev–Trinajstić information content (AvgIpc) is 3.02. The third-order valence-electron chi connectivity index (χ3n) is 10.5. The predicted octanol–water partition coefficient (Wildman–Crippen LogP) is 5.47. The first-order valence-corrected chi connectivity index (χ1v) is 12.8. The van der Waals surface area contributed by atoms with Gasteiger partial charge < -0.3 is 15.3 Å². The first-order chi connectivity index (χ1) is 14.0. The third kappa shape index (κ3) is 3.33. The van der Waals surface area contributed by atoms with Crippen LogP contribution in [0.5, 0.6) is 0 Å². The van der Waals surface area contributed by atoms with Crippen LogP contribution < -0.4 is 0 Å². The molecule has 9 unspecified atom stereocenters. The van der Waals surface area contributed by atoms with Crippen molar-refractivity contribution in [2.24, 2.45) is 40.4 Å². The number of aliphatic hydroxyl groups is 3. The molecule has 3 saturated carbocycles. The lowest BCUT2D eigenvalue weighted by Crippen LogP contribution is -2.64. The van der Waals surface area contributed by atoms with Gasteiger partial charge in [0.1, 0.15) is 0 Å². The molecule has 0 heterocycles. The smallest absolute Gasteiger partial charge is 0.0917 e. The Morgan fingerprint density at radius 2 is 1.73 bits per heavy atom. The van der Waals surface area contributed by atoms with Gasteiger partial charge in [0, 0.05) is 5.41 Å². The summed E-state index contributed by atoms with van der Waals surface area (Å²) in [6, 6.07) is 0. The minimum Gasteiger partial charge on any atom is -0.393 e. The summed E-state index contributed by atoms with van der Waals surface area (Å²) in [6.45, 7) is 11.8. The quantitative estimate of drug-likeness (QED) is 0.519. The van der Waals surface area contributed by atoms with E-state index in [1.807, 2.05) is 6.08 Å². The van der Waals surface area contributed by atoms with Crippen LogP contribution in [0.25, 0.3) is 0 Å². The Balaban J connectivity index is 1.59. The van der Waals surface area contributed by atoms with Crippen molar-refractivity contribution < 1.29 is 15.3 Å². The number of aliphatic hydroxyl groups excluding tert-OH is 2. The number of fused-ring (bicyclic) bond motifs is 5. The van der Waals surface area contributed by atoms with Gasteiger partial charge in [-0.05, 0) is 85.5 Å². The Morgan fingerprint density at radius 1 is 1.00 bits per heavy atom. The lowest BCUT2D eigenvalue weighted by Gasteiger charge is -2.63. The summed E-state index contributed by atoms with van der Waals surface area (Å²) in [6.07, 6.45) is 11.6. The maximum absolute atomic E-state index is 12.2. The molecule has 30 heavy (non-hydrogen) atoms. The van der Waals surface area contributed by atoms with Gasteiger partial charge in [-0.3, -0.25) is 0 Å². The van der Waals surface area contributed by atoms with Gasteiger partial charge >= 0.3 is 0 Å². The van der Waals surface area contributed by atoms with E-state index in [0.29, 0.717) is 12.3 Å². The van der Waals surface area contributed by atoms with Crippen LogP contribution in [0.15, 0.2) is 11.6 Å². The van der Waals surface area contributed by atoms with Crippen molar-refractivity contribution in [3.8, 4) is 0 Å². The van der Waals surface area contributed by atoms with E-state index < -0.39 is 11.7 Å². The van der Waals surface area contributed by atoms with Crippen LogP contribution in [-0.4, -0.2) is 33.1 Å². The zero-order valence-corrected chi connectivity index (χ0v) is 20.0. The highest BCUT2D eigenvalue weighted by Crippen LogP contribution is 2.68. The van der Waals surface area contributed by atoms with Crippen LogP contribution in [0, 0.1) is 40.4 Å². The molecule has 0 aliphatic heterocycles. The molecule has 4 aliphatic rings. The second kappa shape index (κ2) is 7.89. The van der Waals surface area contributed by atoms with Crippen LogP contribution >= 0.6 is 0 Å². The Labute approximate surface area is 184 Å². The molecular formula is C27H46O3. The molecule has 3 N–H and O–H groups in total. The summed E-state index contributed by atoms with van der Waals surface area (Å²) in [4.78, 5) is 0. The van der Waals surface area contributed by atoms with Gasteiger partial charge in [0.2, 0.25) is 0 Å². The van der Waals surface area contributed by atoms with Crippen molar-refractivity contribution in [1.29, 1.82) is 0 Å². The third-order valence-corrected chi connectivity index (χ3v) is 10.5. The van der Waals surface area contributed by atoms with E-state index in [4.69, 9.17) is 0 Å². The highest BCUT2D eigenvalue weighted by atomic mass is 16.3. The van der Waals surface area contributed by atoms with E-state index in [2.05, 4.69) is 34.6 Å². The lowest BCUT2D eigenvalue weighted by molar-refractivity contribution is -0.175. The van der Waals surface area contributed by atoms with Crippen molar-refractivity contribution in [3.63, 3.8) is 0 Å². The van der Waals surface area contributed by atoms with Crippen molar-refractivity contribution >= 4 is 0 Å². The molecule has 9 atom stereocenters. The van der Waals surface area contributed by atoms with E-state index in [9.17, 15) is 15.3 Å². The number of hydrogen-bond acceptors (Lipinski definition) is 3. The largest absolute Gasteiger partial charge is 0.393 e. The summed E-state index contributed by atoms with van der Waals surface area (Å²) in [5.74, 6) is 2.59.